The monoisotopic (exact) mass is 191 g/mol. The Bertz CT molecular complexity index is 197. The van der Waals surface area contributed by atoms with E-state index >= 15 is 0 Å². The summed E-state index contributed by atoms with van der Waals surface area (Å²) in [7, 11) is 1.58. The molecule has 56 valence electrons. The summed E-state index contributed by atoms with van der Waals surface area (Å²) in [6.45, 7) is 2.05. The Morgan fingerprint density at radius 3 is 3.10 bits per heavy atom. The fraction of sp³-hybridized carbons (Fsp3) is 0.500. The van der Waals surface area contributed by atoms with Crippen LogP contribution in [-0.4, -0.2) is 10.7 Å². The average Bonchev–Trinajstić information content (AvgIpc) is 2.31. The minimum absolute atomic E-state index is 1.08. The fourth-order valence-electron chi connectivity index (χ4n) is 0.704. The molecule has 0 aliphatic carbocycles. The van der Waals surface area contributed by atoms with E-state index in [9.17, 15) is 0 Å². The van der Waals surface area contributed by atoms with Crippen molar-refractivity contribution in [2.75, 3.05) is 5.75 Å². The van der Waals surface area contributed by atoms with E-state index in [1.807, 2.05) is 5.51 Å². The highest BCUT2D eigenvalue weighted by molar-refractivity contribution is 8.68. The van der Waals surface area contributed by atoms with Gasteiger partial charge in [0.15, 0.2) is 0 Å². The van der Waals surface area contributed by atoms with Crippen LogP contribution in [0.3, 0.4) is 0 Å². The third kappa shape index (κ3) is 2.18. The van der Waals surface area contributed by atoms with Crippen molar-refractivity contribution < 1.29 is 0 Å². The molecule has 0 fully saturated rings. The van der Waals surface area contributed by atoms with Crippen molar-refractivity contribution in [1.82, 2.24) is 4.98 Å². The molecule has 1 aromatic rings. The molecule has 0 aromatic carbocycles. The number of thiazole rings is 1. The van der Waals surface area contributed by atoms with Crippen LogP contribution in [-0.2, 0) is 6.42 Å². The van der Waals surface area contributed by atoms with Gasteiger partial charge >= 0.3 is 0 Å². The van der Waals surface area contributed by atoms with Gasteiger partial charge in [-0.15, -0.1) is 23.0 Å². The smallest absolute Gasteiger partial charge is 0.0797 e. The van der Waals surface area contributed by atoms with E-state index in [1.54, 1.807) is 22.1 Å². The first-order valence-corrected chi connectivity index (χ1v) is 5.91. The lowest BCUT2D eigenvalue weighted by atomic mass is 10.3. The molecule has 10 heavy (non-hydrogen) atoms. The molecular weight excluding hydrogens is 182 g/mol. The van der Waals surface area contributed by atoms with Crippen LogP contribution >= 0.6 is 33.8 Å². The Balaban J connectivity index is 2.49. The molecule has 1 heterocycles. The number of hydrogen-bond acceptors (Lipinski definition) is 4. The molecule has 0 aliphatic rings. The number of hydrogen-bond donors (Lipinski definition) is 1. The van der Waals surface area contributed by atoms with Crippen molar-refractivity contribution in [1.29, 1.82) is 0 Å². The minimum atomic E-state index is 1.08. The molecule has 0 saturated heterocycles. The van der Waals surface area contributed by atoms with E-state index in [-0.39, 0.29) is 0 Å². The van der Waals surface area contributed by atoms with Crippen molar-refractivity contribution in [3.05, 3.63) is 16.1 Å². The van der Waals surface area contributed by atoms with Gasteiger partial charge in [-0.2, -0.15) is 0 Å². The van der Waals surface area contributed by atoms with Crippen LogP contribution in [0.2, 0.25) is 0 Å². The summed E-state index contributed by atoms with van der Waals surface area (Å²) in [5, 5.41) is 0. The van der Waals surface area contributed by atoms with Gasteiger partial charge in [0, 0.05) is 10.6 Å². The maximum atomic E-state index is 4.15. The Morgan fingerprint density at radius 1 is 1.80 bits per heavy atom. The van der Waals surface area contributed by atoms with Crippen LogP contribution in [0.1, 0.15) is 10.6 Å². The first-order valence-electron chi connectivity index (χ1n) is 3.00. The predicted molar refractivity (Wildman–Crippen MR) is 52.0 cm³/mol. The van der Waals surface area contributed by atoms with Gasteiger partial charge in [0.2, 0.25) is 0 Å². The van der Waals surface area contributed by atoms with Crippen molar-refractivity contribution in [2.45, 2.75) is 13.3 Å². The number of aromatic nitrogens is 1. The summed E-state index contributed by atoms with van der Waals surface area (Å²) in [6, 6.07) is 0. The third-order valence-corrected chi connectivity index (χ3v) is 3.19. The topological polar surface area (TPSA) is 12.9 Å². The van der Waals surface area contributed by atoms with Crippen LogP contribution in [0, 0.1) is 6.92 Å². The van der Waals surface area contributed by atoms with E-state index in [0.29, 0.717) is 0 Å². The lowest BCUT2D eigenvalue weighted by Crippen LogP contribution is -1.85. The molecule has 0 N–H and O–H groups in total. The first-order chi connectivity index (χ1) is 4.84. The number of nitrogens with zero attached hydrogens (tertiary/aromatic N) is 1. The molecule has 0 spiro atoms. The molecule has 4 heteroatoms. The van der Waals surface area contributed by atoms with Crippen LogP contribution in [0.4, 0.5) is 0 Å². The summed E-state index contributed by atoms with van der Waals surface area (Å²) in [6.07, 6.45) is 1.10. The molecule has 0 aliphatic heterocycles. The van der Waals surface area contributed by atoms with Gasteiger partial charge in [0.1, 0.15) is 0 Å². The van der Waals surface area contributed by atoms with Crippen LogP contribution < -0.4 is 0 Å². The van der Waals surface area contributed by atoms with Crippen molar-refractivity contribution in [3.8, 4) is 0 Å². The SMILES string of the molecule is Cc1ncsc1CCSS. The summed E-state index contributed by atoms with van der Waals surface area (Å²) in [5.74, 6) is 1.08. The molecular formula is C6H9NS3. The zero-order valence-electron chi connectivity index (χ0n) is 5.70. The highest BCUT2D eigenvalue weighted by Crippen LogP contribution is 2.16. The van der Waals surface area contributed by atoms with E-state index in [4.69, 9.17) is 0 Å². The van der Waals surface area contributed by atoms with Crippen molar-refractivity contribution in [2.24, 2.45) is 0 Å². The molecule has 0 bridgehead atoms. The Hall–Kier alpha value is 0.330. The molecule has 1 nitrogen and oxygen atoms in total. The van der Waals surface area contributed by atoms with E-state index < -0.39 is 0 Å². The molecule has 0 saturated carbocycles. The largest absolute Gasteiger partial charge is 0.250 e. The zero-order valence-corrected chi connectivity index (χ0v) is 8.23. The van der Waals surface area contributed by atoms with Gasteiger partial charge in [0.25, 0.3) is 0 Å². The highest BCUT2D eigenvalue weighted by Gasteiger charge is 1.98. The molecule has 1 rings (SSSR count). The van der Waals surface area contributed by atoms with Gasteiger partial charge in [-0.3, -0.25) is 0 Å². The van der Waals surface area contributed by atoms with Crippen LogP contribution in [0.25, 0.3) is 0 Å². The van der Waals surface area contributed by atoms with E-state index in [0.717, 1.165) is 12.2 Å². The van der Waals surface area contributed by atoms with Gasteiger partial charge in [-0.05, 0) is 13.3 Å². The highest BCUT2D eigenvalue weighted by atomic mass is 33.1. The fourth-order valence-corrected chi connectivity index (χ4v) is 2.18. The Labute approximate surface area is 74.1 Å². The zero-order chi connectivity index (χ0) is 7.40. The lowest BCUT2D eigenvalue weighted by Gasteiger charge is -1.93. The molecule has 1 aromatic heterocycles. The first kappa shape index (κ1) is 8.43. The van der Waals surface area contributed by atoms with Crippen LogP contribution in [0.5, 0.6) is 0 Å². The lowest BCUT2D eigenvalue weighted by molar-refractivity contribution is 1.13. The van der Waals surface area contributed by atoms with Gasteiger partial charge in [0.05, 0.1) is 11.2 Å². The Morgan fingerprint density at radius 2 is 2.60 bits per heavy atom. The summed E-state index contributed by atoms with van der Waals surface area (Å²) < 4.78 is 0. The van der Waals surface area contributed by atoms with E-state index in [2.05, 4.69) is 23.6 Å². The summed E-state index contributed by atoms with van der Waals surface area (Å²) >= 11 is 5.80. The molecule has 0 atom stereocenters. The average molecular weight is 191 g/mol. The number of thiol groups is 1. The number of aryl methyl sites for hydroxylation is 2. The second-order valence-corrected chi connectivity index (χ2v) is 4.32. The maximum absolute atomic E-state index is 4.15. The standard InChI is InChI=1S/C6H9NS3/c1-5-6(2-3-10-8)9-4-7-5/h4,8H,2-3H2,1H3. The van der Waals surface area contributed by atoms with Gasteiger partial charge in [-0.25, -0.2) is 4.98 Å². The molecule has 0 amide bonds. The minimum Gasteiger partial charge on any atom is -0.250 e. The Kier molecular flexibility index (Phi) is 3.59. The molecule has 0 unspecified atom stereocenters. The maximum Gasteiger partial charge on any atom is 0.0797 e. The quantitative estimate of drug-likeness (QED) is 0.582. The van der Waals surface area contributed by atoms with E-state index in [1.165, 1.54) is 10.6 Å². The van der Waals surface area contributed by atoms with Crippen LogP contribution in [0.15, 0.2) is 5.51 Å². The molecule has 0 radical (unpaired) electrons. The normalized spacial score (nSPS) is 10.2. The predicted octanol–water partition coefficient (Wildman–Crippen LogP) is 2.57. The summed E-state index contributed by atoms with van der Waals surface area (Å²) in [4.78, 5) is 5.54. The van der Waals surface area contributed by atoms with Gasteiger partial charge < -0.3 is 0 Å². The second kappa shape index (κ2) is 4.26. The number of rotatable bonds is 3. The third-order valence-electron chi connectivity index (χ3n) is 1.27. The summed E-state index contributed by atoms with van der Waals surface area (Å²) in [5.41, 5.74) is 3.07. The second-order valence-electron chi connectivity index (χ2n) is 1.94. The van der Waals surface area contributed by atoms with Crippen molar-refractivity contribution >= 4 is 33.8 Å². The van der Waals surface area contributed by atoms with Gasteiger partial charge in [-0.1, -0.05) is 10.8 Å². The van der Waals surface area contributed by atoms with Crippen molar-refractivity contribution in [3.63, 3.8) is 0 Å².